The van der Waals surface area contributed by atoms with Crippen LogP contribution in [0.15, 0.2) is 4.52 Å². The molecule has 0 unspecified atom stereocenters. The molecular formula is C14H21N3O4. The fourth-order valence-corrected chi connectivity index (χ4v) is 2.30. The largest absolute Gasteiger partial charge is 0.450 e. The van der Waals surface area contributed by atoms with Gasteiger partial charge >= 0.3 is 6.09 Å². The molecule has 1 N–H and O–H groups in total. The van der Waals surface area contributed by atoms with Crippen LogP contribution in [0.25, 0.3) is 0 Å². The molecule has 0 spiro atoms. The van der Waals surface area contributed by atoms with Gasteiger partial charge in [-0.1, -0.05) is 5.16 Å². The molecule has 0 aliphatic carbocycles. The Hall–Kier alpha value is -2.05. The van der Waals surface area contributed by atoms with Crippen molar-refractivity contribution in [3.63, 3.8) is 0 Å². The number of carbonyl (C=O) groups excluding carboxylic acids is 2. The summed E-state index contributed by atoms with van der Waals surface area (Å²) in [5, 5.41) is 6.72. The number of carbonyl (C=O) groups is 2. The van der Waals surface area contributed by atoms with Gasteiger partial charge in [0, 0.05) is 24.7 Å². The summed E-state index contributed by atoms with van der Waals surface area (Å²) in [6.45, 7) is 6.91. The summed E-state index contributed by atoms with van der Waals surface area (Å²) in [5.74, 6) is 0.427. The van der Waals surface area contributed by atoms with Crippen molar-refractivity contribution in [1.29, 1.82) is 0 Å². The zero-order valence-electron chi connectivity index (χ0n) is 12.6. The Balaban J connectivity index is 1.85. The van der Waals surface area contributed by atoms with Gasteiger partial charge in [0.2, 0.25) is 0 Å². The van der Waals surface area contributed by atoms with Crippen molar-refractivity contribution in [2.75, 3.05) is 19.7 Å². The highest BCUT2D eigenvalue weighted by Crippen LogP contribution is 2.14. The van der Waals surface area contributed by atoms with Gasteiger partial charge in [0.25, 0.3) is 5.91 Å². The van der Waals surface area contributed by atoms with Gasteiger partial charge in [-0.2, -0.15) is 0 Å². The second-order valence-electron chi connectivity index (χ2n) is 5.15. The van der Waals surface area contributed by atoms with Crippen LogP contribution in [0, 0.1) is 13.8 Å². The van der Waals surface area contributed by atoms with Crippen LogP contribution in [0.2, 0.25) is 0 Å². The summed E-state index contributed by atoms with van der Waals surface area (Å²) >= 11 is 0. The Kier molecular flexibility index (Phi) is 4.82. The number of piperidine rings is 1. The summed E-state index contributed by atoms with van der Waals surface area (Å²) in [5.41, 5.74) is 1.09. The highest BCUT2D eigenvalue weighted by molar-refractivity contribution is 5.93. The topological polar surface area (TPSA) is 84.7 Å². The van der Waals surface area contributed by atoms with Crippen LogP contribution in [0.3, 0.4) is 0 Å². The Bertz CT molecular complexity index is 518. The van der Waals surface area contributed by atoms with E-state index in [9.17, 15) is 9.59 Å². The molecule has 1 fully saturated rings. The van der Waals surface area contributed by atoms with Crippen molar-refractivity contribution in [2.24, 2.45) is 0 Å². The van der Waals surface area contributed by atoms with E-state index in [0.717, 1.165) is 5.56 Å². The number of ether oxygens (including phenoxy) is 1. The van der Waals surface area contributed by atoms with E-state index in [4.69, 9.17) is 9.26 Å². The number of aromatic nitrogens is 1. The second kappa shape index (κ2) is 6.60. The van der Waals surface area contributed by atoms with E-state index in [-0.39, 0.29) is 18.0 Å². The van der Waals surface area contributed by atoms with Gasteiger partial charge in [0.15, 0.2) is 5.69 Å². The molecule has 1 aromatic heterocycles. The van der Waals surface area contributed by atoms with Crippen LogP contribution in [0.1, 0.15) is 41.6 Å². The number of hydrogen-bond donors (Lipinski definition) is 1. The number of likely N-dealkylation sites (tertiary alicyclic amines) is 1. The van der Waals surface area contributed by atoms with Gasteiger partial charge in [0.1, 0.15) is 5.76 Å². The van der Waals surface area contributed by atoms with E-state index in [2.05, 4.69) is 10.5 Å². The van der Waals surface area contributed by atoms with Crippen LogP contribution < -0.4 is 5.32 Å². The SMILES string of the molecule is CCOC(=O)N1CCC(NC(=O)c2noc(C)c2C)CC1. The van der Waals surface area contributed by atoms with E-state index < -0.39 is 0 Å². The molecule has 1 saturated heterocycles. The minimum atomic E-state index is -0.287. The predicted octanol–water partition coefficient (Wildman–Crippen LogP) is 1.64. The molecule has 2 amide bonds. The monoisotopic (exact) mass is 295 g/mol. The Morgan fingerprint density at radius 1 is 1.38 bits per heavy atom. The molecule has 1 aliphatic heterocycles. The van der Waals surface area contributed by atoms with E-state index in [1.165, 1.54) is 0 Å². The second-order valence-corrected chi connectivity index (χ2v) is 5.15. The van der Waals surface area contributed by atoms with Crippen LogP contribution in [0.4, 0.5) is 4.79 Å². The quantitative estimate of drug-likeness (QED) is 0.916. The zero-order chi connectivity index (χ0) is 15.4. The maximum atomic E-state index is 12.1. The third-order valence-electron chi connectivity index (χ3n) is 3.73. The van der Waals surface area contributed by atoms with Crippen LogP contribution in [0.5, 0.6) is 0 Å². The molecule has 2 heterocycles. The maximum Gasteiger partial charge on any atom is 0.409 e. The zero-order valence-corrected chi connectivity index (χ0v) is 12.6. The van der Waals surface area contributed by atoms with Gasteiger partial charge in [-0.15, -0.1) is 0 Å². The van der Waals surface area contributed by atoms with Crippen molar-refractivity contribution in [3.8, 4) is 0 Å². The number of hydrogen-bond acceptors (Lipinski definition) is 5. The van der Waals surface area contributed by atoms with Gasteiger partial charge < -0.3 is 19.5 Å². The van der Waals surface area contributed by atoms with Gasteiger partial charge in [-0.25, -0.2) is 4.79 Å². The van der Waals surface area contributed by atoms with Gasteiger partial charge in [-0.3, -0.25) is 4.79 Å². The number of rotatable bonds is 3. The van der Waals surface area contributed by atoms with Gasteiger partial charge in [-0.05, 0) is 33.6 Å². The highest BCUT2D eigenvalue weighted by atomic mass is 16.6. The minimum Gasteiger partial charge on any atom is -0.450 e. The predicted molar refractivity (Wildman–Crippen MR) is 75.1 cm³/mol. The van der Waals surface area contributed by atoms with Crippen molar-refractivity contribution in [3.05, 3.63) is 17.0 Å². The summed E-state index contributed by atoms with van der Waals surface area (Å²) in [7, 11) is 0. The average molecular weight is 295 g/mol. The fraction of sp³-hybridized carbons (Fsp3) is 0.643. The molecular weight excluding hydrogens is 274 g/mol. The Morgan fingerprint density at radius 2 is 2.05 bits per heavy atom. The first kappa shape index (κ1) is 15.3. The number of aryl methyl sites for hydroxylation is 1. The Morgan fingerprint density at radius 3 is 2.57 bits per heavy atom. The van der Waals surface area contributed by atoms with Crippen molar-refractivity contribution in [1.82, 2.24) is 15.4 Å². The molecule has 7 nitrogen and oxygen atoms in total. The first-order valence-corrected chi connectivity index (χ1v) is 7.18. The van der Waals surface area contributed by atoms with Crippen molar-refractivity contribution in [2.45, 2.75) is 39.7 Å². The van der Waals surface area contributed by atoms with Crippen LogP contribution in [-0.2, 0) is 4.74 Å². The van der Waals surface area contributed by atoms with Crippen molar-refractivity contribution < 1.29 is 18.8 Å². The molecule has 0 bridgehead atoms. The normalized spacial score (nSPS) is 15.9. The molecule has 1 aromatic rings. The van der Waals surface area contributed by atoms with Gasteiger partial charge in [0.05, 0.1) is 6.61 Å². The summed E-state index contributed by atoms with van der Waals surface area (Å²) < 4.78 is 9.96. The van der Waals surface area contributed by atoms with E-state index in [1.807, 2.05) is 6.92 Å². The molecule has 21 heavy (non-hydrogen) atoms. The van der Waals surface area contributed by atoms with E-state index >= 15 is 0 Å². The highest BCUT2D eigenvalue weighted by Gasteiger charge is 2.26. The smallest absolute Gasteiger partial charge is 0.409 e. The third-order valence-corrected chi connectivity index (χ3v) is 3.73. The Labute approximate surface area is 123 Å². The van der Waals surface area contributed by atoms with Crippen molar-refractivity contribution >= 4 is 12.0 Å². The number of amides is 2. The summed E-state index contributed by atoms with van der Waals surface area (Å²) in [6, 6.07) is 0.0413. The lowest BCUT2D eigenvalue weighted by Crippen LogP contribution is -2.46. The third kappa shape index (κ3) is 3.53. The first-order valence-electron chi connectivity index (χ1n) is 7.18. The fourth-order valence-electron chi connectivity index (χ4n) is 2.30. The standard InChI is InChI=1S/C14H21N3O4/c1-4-20-14(19)17-7-5-11(6-8-17)15-13(18)12-9(2)10(3)21-16-12/h11H,4-8H2,1-3H3,(H,15,18). The van der Waals surface area contributed by atoms with E-state index in [1.54, 1.807) is 18.7 Å². The lowest BCUT2D eigenvalue weighted by Gasteiger charge is -2.31. The van der Waals surface area contributed by atoms with Crippen LogP contribution >= 0.6 is 0 Å². The van der Waals surface area contributed by atoms with Crippen LogP contribution in [-0.4, -0.2) is 47.8 Å². The lowest BCUT2D eigenvalue weighted by molar-refractivity contribution is 0.0854. The summed E-state index contributed by atoms with van der Waals surface area (Å²) in [6.07, 6.45) is 1.13. The van der Waals surface area contributed by atoms with E-state index in [0.29, 0.717) is 44.0 Å². The molecule has 2 rings (SSSR count). The first-order chi connectivity index (χ1) is 10.0. The molecule has 116 valence electrons. The molecule has 0 radical (unpaired) electrons. The molecule has 0 aromatic carbocycles. The molecule has 0 saturated carbocycles. The minimum absolute atomic E-state index is 0.0413. The average Bonchev–Trinajstić information content (AvgIpc) is 2.80. The maximum absolute atomic E-state index is 12.1. The lowest BCUT2D eigenvalue weighted by atomic mass is 10.0. The summed E-state index contributed by atoms with van der Waals surface area (Å²) in [4.78, 5) is 25.4. The number of nitrogens with zero attached hydrogens (tertiary/aromatic N) is 2. The molecule has 1 aliphatic rings. The molecule has 0 atom stereocenters. The molecule has 7 heteroatoms. The number of nitrogens with one attached hydrogen (secondary N) is 1.